The summed E-state index contributed by atoms with van der Waals surface area (Å²) in [7, 11) is 1.75. The zero-order chi connectivity index (χ0) is 13.1. The van der Waals surface area contributed by atoms with Crippen molar-refractivity contribution in [3.8, 4) is 11.8 Å². The average molecular weight is 245 g/mol. The molecule has 1 heterocycles. The highest BCUT2D eigenvalue weighted by Gasteiger charge is 2.16. The van der Waals surface area contributed by atoms with Crippen LogP contribution in [0, 0.1) is 17.1 Å². The number of halogens is 1. The molecular formula is C12H12FN5. The Morgan fingerprint density at radius 2 is 2.28 bits per heavy atom. The molecule has 1 aromatic carbocycles. The van der Waals surface area contributed by atoms with Crippen molar-refractivity contribution in [2.75, 3.05) is 7.05 Å². The van der Waals surface area contributed by atoms with Crippen LogP contribution in [0.25, 0.3) is 5.69 Å². The van der Waals surface area contributed by atoms with Gasteiger partial charge in [0.2, 0.25) is 0 Å². The maximum Gasteiger partial charge on any atom is 0.252 e. The molecule has 0 aliphatic heterocycles. The monoisotopic (exact) mass is 245 g/mol. The van der Waals surface area contributed by atoms with E-state index in [1.54, 1.807) is 19.2 Å². The second-order valence-corrected chi connectivity index (χ2v) is 3.81. The Kier molecular flexibility index (Phi) is 3.35. The van der Waals surface area contributed by atoms with Crippen molar-refractivity contribution in [3.63, 3.8) is 0 Å². The summed E-state index contributed by atoms with van der Waals surface area (Å²) in [4.78, 5) is 3.81. The van der Waals surface area contributed by atoms with Gasteiger partial charge in [-0.2, -0.15) is 5.26 Å². The van der Waals surface area contributed by atoms with Gasteiger partial charge in [0.25, 0.3) is 5.82 Å². The molecule has 92 valence electrons. The minimum absolute atomic E-state index is 0.0577. The Morgan fingerprint density at radius 3 is 2.89 bits per heavy atom. The van der Waals surface area contributed by atoms with Crippen molar-refractivity contribution in [1.82, 2.24) is 20.1 Å². The molecule has 1 N–H and O–H groups in total. The number of nitrogens with one attached hydrogen (secondary N) is 1. The molecule has 0 aliphatic rings. The van der Waals surface area contributed by atoms with E-state index in [2.05, 4.69) is 15.4 Å². The van der Waals surface area contributed by atoms with Gasteiger partial charge in [0.15, 0.2) is 0 Å². The molecule has 0 saturated carbocycles. The van der Waals surface area contributed by atoms with Crippen LogP contribution in [0.2, 0.25) is 0 Å². The predicted octanol–water partition coefficient (Wildman–Crippen LogP) is 1.56. The minimum atomic E-state index is -0.316. The molecule has 2 rings (SSSR count). The Balaban J connectivity index is 2.57. The number of rotatable bonds is 3. The second kappa shape index (κ2) is 4.94. The van der Waals surface area contributed by atoms with Gasteiger partial charge in [-0.05, 0) is 26.1 Å². The van der Waals surface area contributed by atoms with Gasteiger partial charge in [0.05, 0.1) is 5.69 Å². The van der Waals surface area contributed by atoms with Gasteiger partial charge in [-0.1, -0.05) is 6.07 Å². The minimum Gasteiger partial charge on any atom is -0.313 e. The zero-order valence-corrected chi connectivity index (χ0v) is 10.1. The van der Waals surface area contributed by atoms with Crippen LogP contribution >= 0.6 is 0 Å². The van der Waals surface area contributed by atoms with Gasteiger partial charge < -0.3 is 5.32 Å². The number of aromatic nitrogens is 3. The van der Waals surface area contributed by atoms with E-state index in [9.17, 15) is 4.39 Å². The van der Waals surface area contributed by atoms with Crippen LogP contribution in [-0.2, 0) is 0 Å². The van der Waals surface area contributed by atoms with Gasteiger partial charge in [0, 0.05) is 11.6 Å². The SMILES string of the molecule is CNC(C)c1c(F)cccc1-n1cnc(C#N)n1. The molecule has 1 aromatic heterocycles. The fourth-order valence-corrected chi connectivity index (χ4v) is 1.73. The van der Waals surface area contributed by atoms with Crippen molar-refractivity contribution in [2.45, 2.75) is 13.0 Å². The number of benzene rings is 1. The lowest BCUT2D eigenvalue weighted by atomic mass is 10.1. The summed E-state index contributed by atoms with van der Waals surface area (Å²) in [5.74, 6) is -0.259. The summed E-state index contributed by atoms with van der Waals surface area (Å²) < 4.78 is 15.3. The summed E-state index contributed by atoms with van der Waals surface area (Å²) in [5.41, 5.74) is 1.07. The number of hydrogen-bond acceptors (Lipinski definition) is 4. The molecule has 0 bridgehead atoms. The van der Waals surface area contributed by atoms with E-state index >= 15 is 0 Å². The topological polar surface area (TPSA) is 66.5 Å². The van der Waals surface area contributed by atoms with Crippen LogP contribution in [0.1, 0.15) is 24.4 Å². The quantitative estimate of drug-likeness (QED) is 0.891. The van der Waals surface area contributed by atoms with Crippen molar-refractivity contribution < 1.29 is 4.39 Å². The lowest BCUT2D eigenvalue weighted by Gasteiger charge is -2.16. The van der Waals surface area contributed by atoms with Gasteiger partial charge in [-0.3, -0.25) is 0 Å². The fourth-order valence-electron chi connectivity index (χ4n) is 1.73. The summed E-state index contributed by atoms with van der Waals surface area (Å²) in [6.45, 7) is 1.85. The van der Waals surface area contributed by atoms with Gasteiger partial charge >= 0.3 is 0 Å². The molecule has 0 spiro atoms. The highest BCUT2D eigenvalue weighted by molar-refractivity contribution is 5.43. The smallest absolute Gasteiger partial charge is 0.252 e. The summed E-state index contributed by atoms with van der Waals surface area (Å²) >= 11 is 0. The first-order valence-electron chi connectivity index (χ1n) is 5.45. The van der Waals surface area contributed by atoms with Gasteiger partial charge in [0.1, 0.15) is 18.2 Å². The van der Waals surface area contributed by atoms with E-state index in [1.807, 2.05) is 13.0 Å². The van der Waals surface area contributed by atoms with Crippen LogP contribution in [0.4, 0.5) is 4.39 Å². The summed E-state index contributed by atoms with van der Waals surface area (Å²) in [6, 6.07) is 6.41. The van der Waals surface area contributed by atoms with Gasteiger partial charge in [-0.25, -0.2) is 14.1 Å². The molecule has 0 aliphatic carbocycles. The van der Waals surface area contributed by atoms with Crippen LogP contribution in [-0.4, -0.2) is 21.8 Å². The molecule has 1 atom stereocenters. The molecule has 6 heteroatoms. The third-order valence-electron chi connectivity index (χ3n) is 2.73. The fraction of sp³-hybridized carbons (Fsp3) is 0.250. The molecule has 5 nitrogen and oxygen atoms in total. The average Bonchev–Trinajstić information content (AvgIpc) is 2.86. The third kappa shape index (κ3) is 2.08. The van der Waals surface area contributed by atoms with E-state index in [0.29, 0.717) is 11.3 Å². The highest BCUT2D eigenvalue weighted by Crippen LogP contribution is 2.23. The second-order valence-electron chi connectivity index (χ2n) is 3.81. The van der Waals surface area contributed by atoms with Crippen LogP contribution in [0.3, 0.4) is 0 Å². The molecule has 0 saturated heterocycles. The van der Waals surface area contributed by atoms with E-state index < -0.39 is 0 Å². The predicted molar refractivity (Wildman–Crippen MR) is 63.5 cm³/mol. The van der Waals surface area contributed by atoms with Crippen molar-refractivity contribution in [1.29, 1.82) is 5.26 Å². The Hall–Kier alpha value is -2.26. The Bertz CT molecular complexity index is 599. The first-order chi connectivity index (χ1) is 8.67. The van der Waals surface area contributed by atoms with Gasteiger partial charge in [-0.15, -0.1) is 5.10 Å². The number of hydrogen-bond donors (Lipinski definition) is 1. The molecule has 0 fully saturated rings. The maximum absolute atomic E-state index is 13.9. The molecule has 0 radical (unpaired) electrons. The van der Waals surface area contributed by atoms with E-state index in [1.165, 1.54) is 17.1 Å². The highest BCUT2D eigenvalue weighted by atomic mass is 19.1. The molecule has 0 amide bonds. The maximum atomic E-state index is 13.9. The number of nitrogens with zero attached hydrogens (tertiary/aromatic N) is 4. The number of nitriles is 1. The van der Waals surface area contributed by atoms with Crippen LogP contribution < -0.4 is 5.32 Å². The standard InChI is InChI=1S/C12H12FN5/c1-8(15-2)12-9(13)4-3-5-10(12)18-7-16-11(6-14)17-18/h3-5,7-8,15H,1-2H3. The molecule has 18 heavy (non-hydrogen) atoms. The zero-order valence-electron chi connectivity index (χ0n) is 10.1. The first-order valence-corrected chi connectivity index (χ1v) is 5.45. The van der Waals surface area contributed by atoms with Crippen LogP contribution in [0.5, 0.6) is 0 Å². The Morgan fingerprint density at radius 1 is 1.50 bits per heavy atom. The molecule has 1 unspecified atom stereocenters. The van der Waals surface area contributed by atoms with Crippen molar-refractivity contribution >= 4 is 0 Å². The lowest BCUT2D eigenvalue weighted by molar-refractivity contribution is 0.557. The normalized spacial score (nSPS) is 12.1. The van der Waals surface area contributed by atoms with E-state index in [0.717, 1.165) is 0 Å². The van der Waals surface area contributed by atoms with E-state index in [4.69, 9.17) is 5.26 Å². The first kappa shape index (κ1) is 12.2. The van der Waals surface area contributed by atoms with Crippen molar-refractivity contribution in [2.24, 2.45) is 0 Å². The molecular weight excluding hydrogens is 233 g/mol. The van der Waals surface area contributed by atoms with Crippen LogP contribution in [0.15, 0.2) is 24.5 Å². The summed E-state index contributed by atoms with van der Waals surface area (Å²) in [6.07, 6.45) is 1.40. The van der Waals surface area contributed by atoms with Crippen molar-refractivity contribution in [3.05, 3.63) is 41.7 Å². The third-order valence-corrected chi connectivity index (χ3v) is 2.73. The summed E-state index contributed by atoms with van der Waals surface area (Å²) in [5, 5.41) is 15.7. The lowest BCUT2D eigenvalue weighted by Crippen LogP contribution is -2.17. The largest absolute Gasteiger partial charge is 0.313 e. The van der Waals surface area contributed by atoms with E-state index in [-0.39, 0.29) is 17.7 Å². The Labute approximate surface area is 104 Å². The molecule has 2 aromatic rings.